The minimum Gasteiger partial charge on any atom is -0.335 e. The smallest absolute Gasteiger partial charge is 0.105 e. The van der Waals surface area contributed by atoms with E-state index in [-0.39, 0.29) is 0 Å². The van der Waals surface area contributed by atoms with Gasteiger partial charge in [-0.15, -0.1) is 0 Å². The maximum atomic E-state index is 4.24. The molecule has 0 spiro atoms. The SMILES string of the molecule is Cc1nccn1CCCCNCC1CCCCC1. The molecule has 1 aliphatic rings. The van der Waals surface area contributed by atoms with Crippen molar-refractivity contribution in [3.63, 3.8) is 0 Å². The predicted octanol–water partition coefficient (Wildman–Crippen LogP) is 3.14. The van der Waals surface area contributed by atoms with Crippen molar-refractivity contribution in [1.29, 1.82) is 0 Å². The van der Waals surface area contributed by atoms with Crippen molar-refractivity contribution >= 4 is 0 Å². The van der Waals surface area contributed by atoms with Crippen molar-refractivity contribution < 1.29 is 0 Å². The zero-order chi connectivity index (χ0) is 12.6. The predicted molar refractivity (Wildman–Crippen MR) is 75.6 cm³/mol. The molecule has 1 saturated carbocycles. The summed E-state index contributed by atoms with van der Waals surface area (Å²) in [6.45, 7) is 5.59. The lowest BCUT2D eigenvalue weighted by Crippen LogP contribution is -2.25. The van der Waals surface area contributed by atoms with Crippen LogP contribution in [-0.2, 0) is 6.54 Å². The van der Waals surface area contributed by atoms with Crippen molar-refractivity contribution in [3.05, 3.63) is 18.2 Å². The first-order valence-corrected chi connectivity index (χ1v) is 7.55. The number of unbranched alkanes of at least 4 members (excludes halogenated alkanes) is 1. The maximum absolute atomic E-state index is 4.24. The first-order valence-electron chi connectivity index (χ1n) is 7.55. The van der Waals surface area contributed by atoms with Gasteiger partial charge in [0, 0.05) is 18.9 Å². The fraction of sp³-hybridized carbons (Fsp3) is 0.800. The molecule has 1 aromatic rings. The molecule has 1 N–H and O–H groups in total. The Balaban J connectivity index is 1.47. The second-order valence-corrected chi connectivity index (χ2v) is 5.58. The van der Waals surface area contributed by atoms with Crippen LogP contribution in [0.1, 0.15) is 50.8 Å². The summed E-state index contributed by atoms with van der Waals surface area (Å²) in [5.74, 6) is 2.08. The minimum atomic E-state index is 0.953. The molecule has 1 fully saturated rings. The summed E-state index contributed by atoms with van der Waals surface area (Å²) >= 11 is 0. The Morgan fingerprint density at radius 2 is 2.11 bits per heavy atom. The number of hydrogen-bond acceptors (Lipinski definition) is 2. The number of aryl methyl sites for hydroxylation is 2. The summed E-state index contributed by atoms with van der Waals surface area (Å²) in [5, 5.41) is 3.62. The van der Waals surface area contributed by atoms with Gasteiger partial charge in [-0.1, -0.05) is 19.3 Å². The molecule has 0 saturated heterocycles. The van der Waals surface area contributed by atoms with Gasteiger partial charge in [0.05, 0.1) is 0 Å². The highest BCUT2D eigenvalue weighted by Crippen LogP contribution is 2.22. The maximum Gasteiger partial charge on any atom is 0.105 e. The number of aromatic nitrogens is 2. The van der Waals surface area contributed by atoms with E-state index < -0.39 is 0 Å². The lowest BCUT2D eigenvalue weighted by molar-refractivity contribution is 0.341. The number of nitrogens with one attached hydrogen (secondary N) is 1. The molecule has 0 bridgehead atoms. The van der Waals surface area contributed by atoms with Crippen LogP contribution in [0.5, 0.6) is 0 Å². The lowest BCUT2D eigenvalue weighted by Gasteiger charge is -2.21. The highest BCUT2D eigenvalue weighted by molar-refractivity contribution is 4.87. The van der Waals surface area contributed by atoms with Crippen LogP contribution in [0.2, 0.25) is 0 Å². The molecule has 0 amide bonds. The highest BCUT2D eigenvalue weighted by Gasteiger charge is 2.12. The molecule has 3 nitrogen and oxygen atoms in total. The molecule has 1 heterocycles. The van der Waals surface area contributed by atoms with E-state index in [2.05, 4.69) is 28.0 Å². The van der Waals surface area contributed by atoms with E-state index in [4.69, 9.17) is 0 Å². The Morgan fingerprint density at radius 3 is 2.83 bits per heavy atom. The van der Waals surface area contributed by atoms with E-state index in [9.17, 15) is 0 Å². The van der Waals surface area contributed by atoms with Crippen LogP contribution in [0, 0.1) is 12.8 Å². The minimum absolute atomic E-state index is 0.953. The van der Waals surface area contributed by atoms with Crippen LogP contribution < -0.4 is 5.32 Å². The van der Waals surface area contributed by atoms with Crippen LogP contribution in [0.25, 0.3) is 0 Å². The van der Waals surface area contributed by atoms with Gasteiger partial charge >= 0.3 is 0 Å². The molecular formula is C15H27N3. The van der Waals surface area contributed by atoms with Crippen LogP contribution in [-0.4, -0.2) is 22.6 Å². The second-order valence-electron chi connectivity index (χ2n) is 5.58. The number of nitrogens with zero attached hydrogens (tertiary/aromatic N) is 2. The number of hydrogen-bond donors (Lipinski definition) is 1. The summed E-state index contributed by atoms with van der Waals surface area (Å²) in [4.78, 5) is 4.24. The van der Waals surface area contributed by atoms with E-state index in [1.807, 2.05) is 6.20 Å². The van der Waals surface area contributed by atoms with Gasteiger partial charge in [0.1, 0.15) is 5.82 Å². The molecule has 3 heteroatoms. The molecule has 2 rings (SSSR count). The highest BCUT2D eigenvalue weighted by atomic mass is 15.0. The summed E-state index contributed by atoms with van der Waals surface area (Å²) in [6.07, 6.45) is 13.7. The molecule has 0 aliphatic heterocycles. The first-order chi connectivity index (χ1) is 8.86. The van der Waals surface area contributed by atoms with Gasteiger partial charge in [0.25, 0.3) is 0 Å². The van der Waals surface area contributed by atoms with Crippen molar-refractivity contribution in [2.75, 3.05) is 13.1 Å². The Bertz CT molecular complexity index is 326. The van der Waals surface area contributed by atoms with Gasteiger partial charge in [0.15, 0.2) is 0 Å². The van der Waals surface area contributed by atoms with Gasteiger partial charge in [-0.2, -0.15) is 0 Å². The summed E-state index contributed by atoms with van der Waals surface area (Å²) < 4.78 is 2.24. The average Bonchev–Trinajstić information content (AvgIpc) is 2.81. The van der Waals surface area contributed by atoms with Gasteiger partial charge in [-0.05, 0) is 51.6 Å². The Labute approximate surface area is 111 Å². The van der Waals surface area contributed by atoms with Crippen LogP contribution in [0.4, 0.5) is 0 Å². The van der Waals surface area contributed by atoms with E-state index >= 15 is 0 Å². The van der Waals surface area contributed by atoms with Crippen molar-refractivity contribution in [1.82, 2.24) is 14.9 Å². The van der Waals surface area contributed by atoms with Crippen LogP contribution in [0.3, 0.4) is 0 Å². The number of rotatable bonds is 7. The Morgan fingerprint density at radius 1 is 1.28 bits per heavy atom. The molecular weight excluding hydrogens is 222 g/mol. The van der Waals surface area contributed by atoms with Gasteiger partial charge in [-0.3, -0.25) is 0 Å². The normalized spacial score (nSPS) is 17.2. The van der Waals surface area contributed by atoms with Crippen molar-refractivity contribution in [2.24, 2.45) is 5.92 Å². The summed E-state index contributed by atoms with van der Waals surface area (Å²) in [5.41, 5.74) is 0. The van der Waals surface area contributed by atoms with Gasteiger partial charge < -0.3 is 9.88 Å². The third-order valence-electron chi connectivity index (χ3n) is 4.08. The summed E-state index contributed by atoms with van der Waals surface area (Å²) in [6, 6.07) is 0. The topological polar surface area (TPSA) is 29.9 Å². The Kier molecular flexibility index (Phi) is 5.72. The summed E-state index contributed by atoms with van der Waals surface area (Å²) in [7, 11) is 0. The van der Waals surface area contributed by atoms with Gasteiger partial charge in [0.2, 0.25) is 0 Å². The van der Waals surface area contributed by atoms with Crippen molar-refractivity contribution in [2.45, 2.75) is 58.4 Å². The third kappa shape index (κ3) is 4.45. The molecule has 18 heavy (non-hydrogen) atoms. The lowest BCUT2D eigenvalue weighted by atomic mass is 9.89. The zero-order valence-electron chi connectivity index (χ0n) is 11.7. The van der Waals surface area contributed by atoms with Crippen LogP contribution in [0.15, 0.2) is 12.4 Å². The molecule has 1 aliphatic carbocycles. The molecule has 0 unspecified atom stereocenters. The zero-order valence-corrected chi connectivity index (χ0v) is 11.7. The molecule has 102 valence electrons. The molecule has 0 atom stereocenters. The van der Waals surface area contributed by atoms with Crippen molar-refractivity contribution in [3.8, 4) is 0 Å². The quantitative estimate of drug-likeness (QED) is 0.752. The third-order valence-corrected chi connectivity index (χ3v) is 4.08. The standard InChI is InChI=1S/C15H27N3/c1-14-17-10-12-18(14)11-6-5-9-16-13-15-7-3-2-4-8-15/h10,12,15-16H,2-9,11,13H2,1H3. The van der Waals surface area contributed by atoms with E-state index in [1.54, 1.807) is 0 Å². The molecule has 1 aromatic heterocycles. The van der Waals surface area contributed by atoms with E-state index in [1.165, 1.54) is 58.0 Å². The van der Waals surface area contributed by atoms with E-state index in [0.29, 0.717) is 0 Å². The van der Waals surface area contributed by atoms with E-state index in [0.717, 1.165) is 18.3 Å². The fourth-order valence-electron chi connectivity index (χ4n) is 2.87. The molecule has 0 aromatic carbocycles. The first kappa shape index (κ1) is 13.6. The molecule has 0 radical (unpaired) electrons. The largest absolute Gasteiger partial charge is 0.335 e. The second kappa shape index (κ2) is 7.57. The fourth-order valence-corrected chi connectivity index (χ4v) is 2.87. The van der Waals surface area contributed by atoms with Crippen LogP contribution >= 0.6 is 0 Å². The monoisotopic (exact) mass is 249 g/mol. The van der Waals surface area contributed by atoms with Gasteiger partial charge in [-0.25, -0.2) is 4.98 Å². The average molecular weight is 249 g/mol. The Hall–Kier alpha value is -0.830. The number of imidazole rings is 1.